The van der Waals surface area contributed by atoms with Crippen LogP contribution in [0, 0.1) is 0 Å². The summed E-state index contributed by atoms with van der Waals surface area (Å²) in [7, 11) is 1.69. The molecule has 0 spiro atoms. The quantitative estimate of drug-likeness (QED) is 0.592. The van der Waals surface area contributed by atoms with Crippen molar-refractivity contribution in [3.8, 4) is 0 Å². The molecule has 0 bridgehead atoms. The molecule has 0 aromatic heterocycles. The van der Waals surface area contributed by atoms with E-state index in [4.69, 9.17) is 9.84 Å². The molecule has 0 amide bonds. The van der Waals surface area contributed by atoms with Gasteiger partial charge in [-0.15, -0.1) is 0 Å². The molecule has 0 fully saturated rings. The van der Waals surface area contributed by atoms with E-state index in [1.807, 2.05) is 0 Å². The van der Waals surface area contributed by atoms with Crippen LogP contribution in [0.5, 0.6) is 0 Å². The fourth-order valence-corrected chi connectivity index (χ4v) is 0.860. The highest BCUT2D eigenvalue weighted by Crippen LogP contribution is 1.91. The number of ether oxygens (including phenoxy) is 1. The third-order valence-corrected chi connectivity index (χ3v) is 1.56. The molecule has 2 unspecified atom stereocenters. The first-order valence-corrected chi connectivity index (χ1v) is 4.11. The van der Waals surface area contributed by atoms with E-state index < -0.39 is 0 Å². The first-order valence-electron chi connectivity index (χ1n) is 4.11. The van der Waals surface area contributed by atoms with Crippen LogP contribution in [0.1, 0.15) is 20.3 Å². The van der Waals surface area contributed by atoms with Gasteiger partial charge < -0.3 is 15.2 Å². The lowest BCUT2D eigenvalue weighted by atomic mass is 10.2. The van der Waals surface area contributed by atoms with E-state index in [-0.39, 0.29) is 6.10 Å². The Bertz CT molecular complexity index is 86.2. The largest absolute Gasteiger partial charge is 0.392 e. The van der Waals surface area contributed by atoms with Gasteiger partial charge in [-0.2, -0.15) is 0 Å². The van der Waals surface area contributed by atoms with E-state index >= 15 is 0 Å². The molecule has 0 saturated heterocycles. The Balaban J connectivity index is 3.35. The average molecular weight is 161 g/mol. The Morgan fingerprint density at radius 3 is 2.55 bits per heavy atom. The molecule has 11 heavy (non-hydrogen) atoms. The Kier molecular flexibility index (Phi) is 6.51. The smallest absolute Gasteiger partial charge is 0.0636 e. The number of nitrogens with one attached hydrogen (secondary N) is 1. The summed E-state index contributed by atoms with van der Waals surface area (Å²) in [5.41, 5.74) is 0. The zero-order valence-electron chi connectivity index (χ0n) is 7.63. The van der Waals surface area contributed by atoms with Gasteiger partial charge in [0.25, 0.3) is 0 Å². The van der Waals surface area contributed by atoms with Gasteiger partial charge in [0.1, 0.15) is 0 Å². The Morgan fingerprint density at radius 2 is 2.18 bits per heavy atom. The van der Waals surface area contributed by atoms with Gasteiger partial charge in [-0.25, -0.2) is 0 Å². The van der Waals surface area contributed by atoms with Gasteiger partial charge in [0.2, 0.25) is 0 Å². The van der Waals surface area contributed by atoms with Crippen molar-refractivity contribution in [3.63, 3.8) is 0 Å². The Morgan fingerprint density at radius 1 is 1.55 bits per heavy atom. The summed E-state index contributed by atoms with van der Waals surface area (Å²) in [4.78, 5) is 0. The zero-order chi connectivity index (χ0) is 8.69. The van der Waals surface area contributed by atoms with E-state index in [1.165, 1.54) is 0 Å². The van der Waals surface area contributed by atoms with Gasteiger partial charge >= 0.3 is 0 Å². The SMILES string of the molecule is CCC(COC)NCC(C)O. The van der Waals surface area contributed by atoms with Crippen LogP contribution in [0.25, 0.3) is 0 Å². The highest BCUT2D eigenvalue weighted by Gasteiger charge is 2.04. The fraction of sp³-hybridized carbons (Fsp3) is 1.00. The third-order valence-electron chi connectivity index (χ3n) is 1.56. The van der Waals surface area contributed by atoms with Crippen molar-refractivity contribution in [1.29, 1.82) is 0 Å². The van der Waals surface area contributed by atoms with Crippen LogP contribution in [0.3, 0.4) is 0 Å². The maximum atomic E-state index is 8.96. The zero-order valence-corrected chi connectivity index (χ0v) is 7.63. The lowest BCUT2D eigenvalue weighted by molar-refractivity contribution is 0.144. The number of methoxy groups -OCH3 is 1. The summed E-state index contributed by atoms with van der Waals surface area (Å²) in [5.74, 6) is 0. The first kappa shape index (κ1) is 10.9. The van der Waals surface area contributed by atoms with Gasteiger partial charge in [0, 0.05) is 19.7 Å². The molecule has 0 aliphatic carbocycles. The average Bonchev–Trinajstić information content (AvgIpc) is 1.97. The van der Waals surface area contributed by atoms with Crippen molar-refractivity contribution < 1.29 is 9.84 Å². The summed E-state index contributed by atoms with van der Waals surface area (Å²) in [6, 6.07) is 0.370. The molecule has 0 aliphatic heterocycles. The molecule has 0 rings (SSSR count). The van der Waals surface area contributed by atoms with E-state index in [0.29, 0.717) is 19.2 Å². The molecule has 3 nitrogen and oxygen atoms in total. The second-order valence-corrected chi connectivity index (χ2v) is 2.82. The molecule has 0 aromatic rings. The lowest BCUT2D eigenvalue weighted by Gasteiger charge is -2.16. The minimum absolute atomic E-state index is 0.277. The molecule has 3 heteroatoms. The van der Waals surface area contributed by atoms with Gasteiger partial charge in [-0.1, -0.05) is 6.92 Å². The van der Waals surface area contributed by atoms with Gasteiger partial charge in [0.15, 0.2) is 0 Å². The third kappa shape index (κ3) is 6.28. The minimum Gasteiger partial charge on any atom is -0.392 e. The normalized spacial score (nSPS) is 16.4. The molecule has 2 N–H and O–H groups in total. The van der Waals surface area contributed by atoms with Crippen LogP contribution < -0.4 is 5.32 Å². The molecule has 0 aromatic carbocycles. The van der Waals surface area contributed by atoms with Crippen molar-refractivity contribution in [3.05, 3.63) is 0 Å². The van der Waals surface area contributed by atoms with E-state index in [1.54, 1.807) is 14.0 Å². The number of rotatable bonds is 6. The van der Waals surface area contributed by atoms with Gasteiger partial charge in [-0.3, -0.25) is 0 Å². The maximum absolute atomic E-state index is 8.96. The molecule has 0 saturated carbocycles. The van der Waals surface area contributed by atoms with E-state index in [9.17, 15) is 0 Å². The van der Waals surface area contributed by atoms with Gasteiger partial charge in [0.05, 0.1) is 12.7 Å². The molecule has 68 valence electrons. The Hall–Kier alpha value is -0.120. The van der Waals surface area contributed by atoms with Crippen LogP contribution in [0.15, 0.2) is 0 Å². The minimum atomic E-state index is -0.277. The molecular formula is C8H19NO2. The second kappa shape index (κ2) is 6.58. The van der Waals surface area contributed by atoms with Crippen molar-refractivity contribution in [2.24, 2.45) is 0 Å². The van der Waals surface area contributed by atoms with Crippen LogP contribution in [-0.2, 0) is 4.74 Å². The van der Waals surface area contributed by atoms with Crippen LogP contribution >= 0.6 is 0 Å². The standard InChI is InChI=1S/C8H19NO2/c1-4-8(6-11-3)9-5-7(2)10/h7-10H,4-6H2,1-3H3. The molecule has 0 radical (unpaired) electrons. The monoisotopic (exact) mass is 161 g/mol. The van der Waals surface area contributed by atoms with E-state index in [2.05, 4.69) is 12.2 Å². The van der Waals surface area contributed by atoms with Crippen molar-refractivity contribution >= 4 is 0 Å². The summed E-state index contributed by atoms with van der Waals surface area (Å²) in [6.45, 7) is 5.22. The highest BCUT2D eigenvalue weighted by molar-refractivity contribution is 4.64. The van der Waals surface area contributed by atoms with E-state index in [0.717, 1.165) is 6.42 Å². The maximum Gasteiger partial charge on any atom is 0.0636 e. The number of hydrogen-bond donors (Lipinski definition) is 2. The van der Waals surface area contributed by atoms with Crippen LogP contribution in [0.4, 0.5) is 0 Å². The van der Waals surface area contributed by atoms with Crippen molar-refractivity contribution in [2.45, 2.75) is 32.4 Å². The van der Waals surface area contributed by atoms with Gasteiger partial charge in [-0.05, 0) is 13.3 Å². The fourth-order valence-electron chi connectivity index (χ4n) is 0.860. The summed E-state index contributed by atoms with van der Waals surface area (Å²) < 4.78 is 4.98. The highest BCUT2D eigenvalue weighted by atomic mass is 16.5. The number of hydrogen-bond acceptors (Lipinski definition) is 3. The lowest BCUT2D eigenvalue weighted by Crippen LogP contribution is -2.37. The van der Waals surface area contributed by atoms with Crippen molar-refractivity contribution in [1.82, 2.24) is 5.32 Å². The summed E-state index contributed by atoms with van der Waals surface area (Å²) in [6.07, 6.45) is 0.751. The van der Waals surface area contributed by atoms with Crippen LogP contribution in [0.2, 0.25) is 0 Å². The predicted octanol–water partition coefficient (Wildman–Crippen LogP) is 0.382. The number of aliphatic hydroxyl groups excluding tert-OH is 1. The molecule has 0 heterocycles. The topological polar surface area (TPSA) is 41.5 Å². The predicted molar refractivity (Wildman–Crippen MR) is 45.6 cm³/mol. The van der Waals surface area contributed by atoms with Crippen LogP contribution in [-0.4, -0.2) is 37.5 Å². The number of aliphatic hydroxyl groups is 1. The Labute approximate surface area is 68.8 Å². The summed E-state index contributed by atoms with van der Waals surface area (Å²) in [5, 5.41) is 12.2. The summed E-state index contributed by atoms with van der Waals surface area (Å²) >= 11 is 0. The molecular weight excluding hydrogens is 142 g/mol. The molecule has 2 atom stereocenters. The molecule has 0 aliphatic rings. The second-order valence-electron chi connectivity index (χ2n) is 2.82. The first-order chi connectivity index (χ1) is 5.20. The van der Waals surface area contributed by atoms with Crippen molar-refractivity contribution in [2.75, 3.05) is 20.3 Å².